The zero-order valence-corrected chi connectivity index (χ0v) is 10.7. The highest BCUT2D eigenvalue weighted by Gasteiger charge is 2.24. The van der Waals surface area contributed by atoms with Crippen molar-refractivity contribution in [3.63, 3.8) is 0 Å². The molecule has 100 valence electrons. The molecule has 0 fully saturated rings. The number of ketones is 1. The number of aromatic nitrogens is 1. The number of carbonyl (C=O) groups excluding carboxylic acids is 1. The molecule has 0 saturated carbocycles. The minimum absolute atomic E-state index is 0.0541. The van der Waals surface area contributed by atoms with Crippen LogP contribution in [0, 0.1) is 0 Å². The summed E-state index contributed by atoms with van der Waals surface area (Å²) in [4.78, 5) is 15.5. The van der Waals surface area contributed by atoms with Gasteiger partial charge in [-0.15, -0.1) is 0 Å². The van der Waals surface area contributed by atoms with Crippen LogP contribution in [0.4, 0.5) is 13.9 Å². The highest BCUT2D eigenvalue weighted by atomic mass is 32.1. The predicted octanol–water partition coefficient (Wildman–Crippen LogP) is 2.90. The van der Waals surface area contributed by atoms with Crippen molar-refractivity contribution in [1.29, 1.82) is 0 Å². The number of nitrogens with two attached hydrogens (primary N) is 1. The van der Waals surface area contributed by atoms with Gasteiger partial charge in [0.05, 0.1) is 7.11 Å². The van der Waals surface area contributed by atoms with Crippen LogP contribution < -0.4 is 10.5 Å². The van der Waals surface area contributed by atoms with E-state index in [0.29, 0.717) is 5.75 Å². The van der Waals surface area contributed by atoms with Crippen molar-refractivity contribution in [2.75, 3.05) is 12.8 Å². The maximum absolute atomic E-state index is 12.8. The van der Waals surface area contributed by atoms with Gasteiger partial charge in [0.1, 0.15) is 16.3 Å². The van der Waals surface area contributed by atoms with Crippen molar-refractivity contribution in [1.82, 2.24) is 4.98 Å². The molecule has 0 aliphatic heterocycles. The minimum Gasteiger partial charge on any atom is -0.497 e. The van der Waals surface area contributed by atoms with Crippen LogP contribution in [-0.4, -0.2) is 17.9 Å². The Labute approximate surface area is 111 Å². The molecule has 1 aromatic carbocycles. The van der Waals surface area contributed by atoms with Gasteiger partial charge < -0.3 is 10.5 Å². The predicted molar refractivity (Wildman–Crippen MR) is 67.9 cm³/mol. The lowest BCUT2D eigenvalue weighted by Gasteiger charge is -2.03. The molecule has 0 saturated heterocycles. The van der Waals surface area contributed by atoms with Gasteiger partial charge in [0.15, 0.2) is 5.13 Å². The molecule has 0 unspecified atom stereocenters. The molecular formula is C12H10F2N2O2S. The third-order valence-electron chi connectivity index (χ3n) is 2.41. The summed E-state index contributed by atoms with van der Waals surface area (Å²) in [6, 6.07) is 6.27. The smallest absolute Gasteiger partial charge is 0.282 e. The molecule has 0 atom stereocenters. The summed E-state index contributed by atoms with van der Waals surface area (Å²) in [5.74, 6) is -0.0645. The molecule has 7 heteroatoms. The first-order chi connectivity index (χ1) is 9.02. The Balaban J connectivity index is 2.43. The second-order valence-electron chi connectivity index (χ2n) is 3.63. The molecule has 19 heavy (non-hydrogen) atoms. The van der Waals surface area contributed by atoms with Gasteiger partial charge in [-0.1, -0.05) is 23.5 Å². The van der Waals surface area contributed by atoms with Gasteiger partial charge in [0.25, 0.3) is 6.43 Å². The maximum atomic E-state index is 12.8. The van der Waals surface area contributed by atoms with Crippen molar-refractivity contribution in [2.24, 2.45) is 0 Å². The number of rotatable bonds is 4. The topological polar surface area (TPSA) is 65.2 Å². The summed E-state index contributed by atoms with van der Waals surface area (Å²) in [6.45, 7) is 0. The number of hydrogen-bond donors (Lipinski definition) is 1. The number of carbonyl (C=O) groups is 1. The van der Waals surface area contributed by atoms with Crippen molar-refractivity contribution >= 4 is 22.3 Å². The Kier molecular flexibility index (Phi) is 3.75. The Morgan fingerprint density at radius 1 is 1.47 bits per heavy atom. The number of benzene rings is 1. The molecule has 0 amide bonds. The largest absolute Gasteiger partial charge is 0.497 e. The number of thiazole rings is 1. The van der Waals surface area contributed by atoms with Gasteiger partial charge in [-0.3, -0.25) is 4.79 Å². The van der Waals surface area contributed by atoms with E-state index in [9.17, 15) is 13.6 Å². The fourth-order valence-corrected chi connectivity index (χ4v) is 2.36. The van der Waals surface area contributed by atoms with E-state index in [0.717, 1.165) is 11.3 Å². The number of hydrogen-bond acceptors (Lipinski definition) is 5. The molecule has 0 aliphatic rings. The number of alkyl halides is 2. The molecule has 0 spiro atoms. The fourth-order valence-electron chi connectivity index (χ4n) is 1.56. The summed E-state index contributed by atoms with van der Waals surface area (Å²) in [6.07, 6.45) is -2.84. The Morgan fingerprint density at radius 2 is 2.21 bits per heavy atom. The molecule has 2 aromatic rings. The van der Waals surface area contributed by atoms with Crippen LogP contribution in [-0.2, 0) is 0 Å². The van der Waals surface area contributed by atoms with Crippen LogP contribution in [0.3, 0.4) is 0 Å². The van der Waals surface area contributed by atoms with Crippen LogP contribution in [0.15, 0.2) is 24.3 Å². The quantitative estimate of drug-likeness (QED) is 0.877. The first-order valence-corrected chi connectivity index (χ1v) is 6.07. The van der Waals surface area contributed by atoms with Gasteiger partial charge in [-0.05, 0) is 12.1 Å². The average Bonchev–Trinajstić information content (AvgIpc) is 2.80. The molecule has 2 rings (SSSR count). The van der Waals surface area contributed by atoms with E-state index in [-0.39, 0.29) is 15.6 Å². The summed E-state index contributed by atoms with van der Waals surface area (Å²) < 4.78 is 30.5. The van der Waals surface area contributed by atoms with Gasteiger partial charge in [0.2, 0.25) is 5.78 Å². The van der Waals surface area contributed by atoms with Crippen molar-refractivity contribution < 1.29 is 18.3 Å². The summed E-state index contributed by atoms with van der Waals surface area (Å²) in [5.41, 5.74) is 5.07. The van der Waals surface area contributed by atoms with Gasteiger partial charge in [-0.2, -0.15) is 0 Å². The standard InChI is InChI=1S/C12H10F2N2O2S/c1-18-7-4-2-3-6(5-7)9(17)10-8(11(13)14)16-12(15)19-10/h2-5,11H,1H3,(H2,15,16). The maximum Gasteiger partial charge on any atom is 0.282 e. The fraction of sp³-hybridized carbons (Fsp3) is 0.167. The summed E-state index contributed by atoms with van der Waals surface area (Å²) in [5, 5.41) is -0.0541. The van der Waals surface area contributed by atoms with Crippen LogP contribution in [0.2, 0.25) is 0 Å². The lowest BCUT2D eigenvalue weighted by atomic mass is 10.1. The first kappa shape index (κ1) is 13.4. The minimum atomic E-state index is -2.84. The van der Waals surface area contributed by atoms with Crippen molar-refractivity contribution in [2.45, 2.75) is 6.43 Å². The van der Waals surface area contributed by atoms with Crippen LogP contribution >= 0.6 is 11.3 Å². The molecule has 2 N–H and O–H groups in total. The monoisotopic (exact) mass is 284 g/mol. The Bertz CT molecular complexity index is 614. The van der Waals surface area contributed by atoms with Gasteiger partial charge in [0, 0.05) is 5.56 Å². The normalized spacial score (nSPS) is 10.7. The van der Waals surface area contributed by atoms with E-state index in [1.807, 2.05) is 0 Å². The third-order valence-corrected chi connectivity index (χ3v) is 3.31. The van der Waals surface area contributed by atoms with E-state index in [1.165, 1.54) is 19.2 Å². The van der Waals surface area contributed by atoms with Crippen LogP contribution in [0.1, 0.15) is 27.4 Å². The number of halogens is 2. The molecular weight excluding hydrogens is 274 g/mol. The Hall–Kier alpha value is -2.02. The van der Waals surface area contributed by atoms with Gasteiger partial charge >= 0.3 is 0 Å². The first-order valence-electron chi connectivity index (χ1n) is 5.26. The SMILES string of the molecule is COc1cccc(C(=O)c2sc(N)nc2C(F)F)c1. The van der Waals surface area contributed by atoms with Crippen molar-refractivity contribution in [3.8, 4) is 5.75 Å². The number of anilines is 1. The molecule has 1 aromatic heterocycles. The number of ether oxygens (including phenoxy) is 1. The molecule has 0 aliphatic carbocycles. The van der Waals surface area contributed by atoms with E-state index in [4.69, 9.17) is 10.5 Å². The highest BCUT2D eigenvalue weighted by molar-refractivity contribution is 7.17. The molecule has 0 bridgehead atoms. The van der Waals surface area contributed by atoms with E-state index < -0.39 is 17.9 Å². The lowest BCUT2D eigenvalue weighted by molar-refractivity contribution is 0.102. The molecule has 0 radical (unpaired) electrons. The van der Waals surface area contributed by atoms with Crippen LogP contribution in [0.5, 0.6) is 5.75 Å². The molecule has 1 heterocycles. The second-order valence-corrected chi connectivity index (χ2v) is 4.66. The number of nitrogen functional groups attached to an aromatic ring is 1. The van der Waals surface area contributed by atoms with E-state index in [2.05, 4.69) is 4.98 Å². The third kappa shape index (κ3) is 2.70. The summed E-state index contributed by atoms with van der Waals surface area (Å²) in [7, 11) is 1.46. The second kappa shape index (κ2) is 5.31. The average molecular weight is 284 g/mol. The molecule has 4 nitrogen and oxygen atoms in total. The summed E-state index contributed by atoms with van der Waals surface area (Å²) >= 11 is 0.755. The highest BCUT2D eigenvalue weighted by Crippen LogP contribution is 2.31. The zero-order valence-electron chi connectivity index (χ0n) is 9.89. The van der Waals surface area contributed by atoms with Gasteiger partial charge in [-0.25, -0.2) is 13.8 Å². The lowest BCUT2D eigenvalue weighted by Crippen LogP contribution is -2.03. The number of nitrogens with zero attached hydrogens (tertiary/aromatic N) is 1. The van der Waals surface area contributed by atoms with Crippen molar-refractivity contribution in [3.05, 3.63) is 40.4 Å². The zero-order chi connectivity index (χ0) is 14.0. The Morgan fingerprint density at radius 3 is 2.84 bits per heavy atom. The van der Waals surface area contributed by atoms with E-state index >= 15 is 0 Å². The van der Waals surface area contributed by atoms with Crippen LogP contribution in [0.25, 0.3) is 0 Å². The number of methoxy groups -OCH3 is 1. The van der Waals surface area contributed by atoms with E-state index in [1.54, 1.807) is 12.1 Å².